The number of hydrogen-bond donors (Lipinski definition) is 2. The van der Waals surface area contributed by atoms with Crippen LogP contribution < -0.4 is 11.1 Å². The zero-order valence-electron chi connectivity index (χ0n) is 10.4. The Balaban J connectivity index is 1.88. The van der Waals surface area contributed by atoms with E-state index in [9.17, 15) is 4.79 Å². The molecule has 2 rings (SSSR count). The molecule has 0 aromatic heterocycles. The molecule has 1 amide bonds. The number of benzene rings is 1. The average molecular weight is 267 g/mol. The largest absolute Gasteiger partial charge is 0.352 e. The summed E-state index contributed by atoms with van der Waals surface area (Å²) in [6.45, 7) is 1.14. The number of rotatable bonds is 4. The van der Waals surface area contributed by atoms with Crippen LogP contribution in [0, 0.1) is 11.8 Å². The number of nitrogens with one attached hydrogen (secondary N) is 1. The number of amides is 1. The van der Waals surface area contributed by atoms with Crippen molar-refractivity contribution in [2.75, 3.05) is 6.54 Å². The van der Waals surface area contributed by atoms with E-state index < -0.39 is 0 Å². The van der Waals surface area contributed by atoms with E-state index in [-0.39, 0.29) is 11.8 Å². The maximum atomic E-state index is 12.1. The number of carbonyl (C=O) groups excluding carboxylic acids is 1. The van der Waals surface area contributed by atoms with Crippen LogP contribution in [0.4, 0.5) is 0 Å². The molecule has 1 aromatic rings. The minimum absolute atomic E-state index is 0.0918. The maximum absolute atomic E-state index is 12.1. The molecule has 1 aliphatic rings. The third-order valence-corrected chi connectivity index (χ3v) is 3.89. The van der Waals surface area contributed by atoms with Gasteiger partial charge < -0.3 is 11.1 Å². The molecular formula is C14H19ClN2O. The summed E-state index contributed by atoms with van der Waals surface area (Å²) >= 11 is 5.90. The predicted molar refractivity (Wildman–Crippen MR) is 73.2 cm³/mol. The van der Waals surface area contributed by atoms with Gasteiger partial charge in [0, 0.05) is 17.5 Å². The van der Waals surface area contributed by atoms with Gasteiger partial charge in [-0.25, -0.2) is 0 Å². The Morgan fingerprint density at radius 1 is 1.44 bits per heavy atom. The van der Waals surface area contributed by atoms with Gasteiger partial charge in [0.1, 0.15) is 0 Å². The normalized spacial score (nSPS) is 23.0. The standard InChI is InChI=1S/C14H19ClN2O/c15-12-5-1-3-10(7-12)9-17-14(18)13-6-2-4-11(13)8-16/h1,3,5,7,11,13H,2,4,6,8-9,16H2,(H,17,18)/t11-,13-/m1/s1. The van der Waals surface area contributed by atoms with Crippen LogP contribution in [-0.4, -0.2) is 12.5 Å². The van der Waals surface area contributed by atoms with Crippen LogP contribution in [0.25, 0.3) is 0 Å². The molecule has 1 fully saturated rings. The fraction of sp³-hybridized carbons (Fsp3) is 0.500. The van der Waals surface area contributed by atoms with Crippen molar-refractivity contribution in [2.45, 2.75) is 25.8 Å². The smallest absolute Gasteiger partial charge is 0.223 e. The van der Waals surface area contributed by atoms with E-state index in [2.05, 4.69) is 5.32 Å². The summed E-state index contributed by atoms with van der Waals surface area (Å²) in [4.78, 5) is 12.1. The van der Waals surface area contributed by atoms with Crippen LogP contribution in [-0.2, 0) is 11.3 Å². The van der Waals surface area contributed by atoms with Gasteiger partial charge in [0.05, 0.1) is 0 Å². The van der Waals surface area contributed by atoms with Crippen LogP contribution >= 0.6 is 11.6 Å². The van der Waals surface area contributed by atoms with Crippen molar-refractivity contribution in [3.05, 3.63) is 34.9 Å². The van der Waals surface area contributed by atoms with Gasteiger partial charge in [-0.2, -0.15) is 0 Å². The van der Waals surface area contributed by atoms with Crippen LogP contribution in [0.15, 0.2) is 24.3 Å². The Morgan fingerprint density at radius 3 is 3.00 bits per heavy atom. The van der Waals surface area contributed by atoms with Crippen molar-refractivity contribution in [2.24, 2.45) is 17.6 Å². The van der Waals surface area contributed by atoms with Gasteiger partial charge in [-0.05, 0) is 43.0 Å². The molecule has 18 heavy (non-hydrogen) atoms. The topological polar surface area (TPSA) is 55.1 Å². The number of carbonyl (C=O) groups is 1. The Bertz CT molecular complexity index is 422. The van der Waals surface area contributed by atoms with Gasteiger partial charge in [0.25, 0.3) is 0 Å². The molecule has 3 nitrogen and oxygen atoms in total. The molecule has 2 atom stereocenters. The second kappa shape index (κ2) is 6.21. The lowest BCUT2D eigenvalue weighted by molar-refractivity contribution is -0.126. The molecule has 4 heteroatoms. The first-order valence-electron chi connectivity index (χ1n) is 6.43. The van der Waals surface area contributed by atoms with E-state index in [1.807, 2.05) is 24.3 Å². The maximum Gasteiger partial charge on any atom is 0.223 e. The van der Waals surface area contributed by atoms with Gasteiger partial charge in [0.2, 0.25) is 5.91 Å². The third-order valence-electron chi connectivity index (χ3n) is 3.65. The third kappa shape index (κ3) is 3.24. The molecule has 1 aliphatic carbocycles. The molecule has 0 spiro atoms. The Labute approximate surface area is 113 Å². The highest BCUT2D eigenvalue weighted by molar-refractivity contribution is 6.30. The first kappa shape index (κ1) is 13.4. The molecule has 0 saturated heterocycles. The molecule has 0 aliphatic heterocycles. The van der Waals surface area contributed by atoms with Crippen molar-refractivity contribution in [1.29, 1.82) is 0 Å². The van der Waals surface area contributed by atoms with E-state index >= 15 is 0 Å². The van der Waals surface area contributed by atoms with Crippen LogP contribution in [0.2, 0.25) is 5.02 Å². The lowest BCUT2D eigenvalue weighted by atomic mass is 9.95. The molecule has 1 saturated carbocycles. The van der Waals surface area contributed by atoms with E-state index in [4.69, 9.17) is 17.3 Å². The van der Waals surface area contributed by atoms with E-state index in [0.29, 0.717) is 24.0 Å². The number of hydrogen-bond acceptors (Lipinski definition) is 2. The lowest BCUT2D eigenvalue weighted by Gasteiger charge is -2.17. The predicted octanol–water partition coefficient (Wildman–Crippen LogP) is 2.33. The first-order chi connectivity index (χ1) is 8.70. The molecular weight excluding hydrogens is 248 g/mol. The van der Waals surface area contributed by atoms with Crippen LogP contribution in [0.3, 0.4) is 0 Å². The first-order valence-corrected chi connectivity index (χ1v) is 6.80. The van der Waals surface area contributed by atoms with Gasteiger partial charge in [-0.1, -0.05) is 30.2 Å². The summed E-state index contributed by atoms with van der Waals surface area (Å²) in [7, 11) is 0. The van der Waals surface area contributed by atoms with E-state index in [0.717, 1.165) is 24.8 Å². The zero-order chi connectivity index (χ0) is 13.0. The highest BCUT2D eigenvalue weighted by Gasteiger charge is 2.31. The minimum atomic E-state index is 0.0918. The fourth-order valence-electron chi connectivity index (χ4n) is 2.63. The Kier molecular flexibility index (Phi) is 4.61. The van der Waals surface area contributed by atoms with E-state index in [1.165, 1.54) is 0 Å². The SMILES string of the molecule is NC[C@H]1CCC[C@H]1C(=O)NCc1cccc(Cl)c1. The summed E-state index contributed by atoms with van der Waals surface area (Å²) in [5.74, 6) is 0.571. The summed E-state index contributed by atoms with van der Waals surface area (Å²) in [5, 5.41) is 3.68. The highest BCUT2D eigenvalue weighted by atomic mass is 35.5. The average Bonchev–Trinajstić information content (AvgIpc) is 2.84. The monoisotopic (exact) mass is 266 g/mol. The zero-order valence-corrected chi connectivity index (χ0v) is 11.1. The summed E-state index contributed by atoms with van der Waals surface area (Å²) < 4.78 is 0. The fourth-order valence-corrected chi connectivity index (χ4v) is 2.84. The van der Waals surface area contributed by atoms with Gasteiger partial charge >= 0.3 is 0 Å². The molecule has 1 aromatic carbocycles. The van der Waals surface area contributed by atoms with Crippen LogP contribution in [0.5, 0.6) is 0 Å². The molecule has 0 heterocycles. The summed E-state index contributed by atoms with van der Waals surface area (Å²) in [5.41, 5.74) is 6.72. The number of halogens is 1. The summed E-state index contributed by atoms with van der Waals surface area (Å²) in [6, 6.07) is 7.55. The highest BCUT2D eigenvalue weighted by Crippen LogP contribution is 2.30. The van der Waals surface area contributed by atoms with Crippen molar-refractivity contribution in [3.8, 4) is 0 Å². The quantitative estimate of drug-likeness (QED) is 0.879. The van der Waals surface area contributed by atoms with Gasteiger partial charge in [-0.3, -0.25) is 4.79 Å². The molecule has 3 N–H and O–H groups in total. The van der Waals surface area contributed by atoms with Crippen molar-refractivity contribution in [3.63, 3.8) is 0 Å². The molecule has 0 bridgehead atoms. The van der Waals surface area contributed by atoms with Gasteiger partial charge in [-0.15, -0.1) is 0 Å². The second-order valence-corrected chi connectivity index (χ2v) is 5.32. The molecule has 0 radical (unpaired) electrons. The second-order valence-electron chi connectivity index (χ2n) is 4.88. The van der Waals surface area contributed by atoms with Crippen molar-refractivity contribution < 1.29 is 4.79 Å². The molecule has 98 valence electrons. The van der Waals surface area contributed by atoms with Gasteiger partial charge in [0.15, 0.2) is 0 Å². The Hall–Kier alpha value is -1.06. The molecule has 0 unspecified atom stereocenters. The number of nitrogens with two attached hydrogens (primary N) is 1. The summed E-state index contributed by atoms with van der Waals surface area (Å²) in [6.07, 6.45) is 3.14. The minimum Gasteiger partial charge on any atom is -0.352 e. The van der Waals surface area contributed by atoms with E-state index in [1.54, 1.807) is 0 Å². The van der Waals surface area contributed by atoms with Crippen molar-refractivity contribution >= 4 is 17.5 Å². The lowest BCUT2D eigenvalue weighted by Crippen LogP contribution is -2.34. The van der Waals surface area contributed by atoms with Crippen molar-refractivity contribution in [1.82, 2.24) is 5.32 Å². The Morgan fingerprint density at radius 2 is 2.28 bits per heavy atom. The van der Waals surface area contributed by atoms with Crippen LogP contribution in [0.1, 0.15) is 24.8 Å².